The van der Waals surface area contributed by atoms with Crippen molar-refractivity contribution in [2.45, 2.75) is 45.3 Å². The zero-order valence-electron chi connectivity index (χ0n) is 8.69. The van der Waals surface area contributed by atoms with Gasteiger partial charge in [-0.05, 0) is 18.8 Å². The highest BCUT2D eigenvalue weighted by molar-refractivity contribution is 4.97. The molecule has 1 aliphatic carbocycles. The normalized spacial score (nSPS) is 27.9. The van der Waals surface area contributed by atoms with Gasteiger partial charge in [0.2, 0.25) is 0 Å². The molecule has 3 heteroatoms. The van der Waals surface area contributed by atoms with E-state index in [1.54, 1.807) is 0 Å². The number of aliphatic hydroxyl groups excluding tert-OH is 1. The van der Waals surface area contributed by atoms with Crippen LogP contribution in [0.15, 0.2) is 12.5 Å². The first-order valence-electron chi connectivity index (χ1n) is 5.44. The zero-order valence-corrected chi connectivity index (χ0v) is 8.69. The molecule has 1 aromatic rings. The molecule has 0 spiro atoms. The summed E-state index contributed by atoms with van der Waals surface area (Å²) >= 11 is 0. The molecule has 1 aliphatic rings. The molecule has 1 fully saturated rings. The minimum Gasteiger partial charge on any atom is -0.390 e. The lowest BCUT2D eigenvalue weighted by Crippen LogP contribution is -2.19. The molecule has 78 valence electrons. The molecule has 0 aliphatic heterocycles. The molecule has 0 amide bonds. The maximum atomic E-state index is 8.94. The summed E-state index contributed by atoms with van der Waals surface area (Å²) < 4.78 is 2.18. The van der Waals surface area contributed by atoms with E-state index in [2.05, 4.69) is 16.5 Å². The van der Waals surface area contributed by atoms with Crippen molar-refractivity contribution in [3.05, 3.63) is 18.2 Å². The van der Waals surface area contributed by atoms with Crippen LogP contribution in [0.5, 0.6) is 0 Å². The van der Waals surface area contributed by atoms with E-state index in [4.69, 9.17) is 5.11 Å². The number of hydrogen-bond acceptors (Lipinski definition) is 2. The van der Waals surface area contributed by atoms with Crippen LogP contribution < -0.4 is 0 Å². The third-order valence-corrected chi connectivity index (χ3v) is 3.27. The van der Waals surface area contributed by atoms with E-state index in [0.717, 1.165) is 11.6 Å². The quantitative estimate of drug-likeness (QED) is 0.783. The van der Waals surface area contributed by atoms with Crippen LogP contribution in [0.4, 0.5) is 0 Å². The van der Waals surface area contributed by atoms with Gasteiger partial charge in [0.15, 0.2) is 0 Å². The first kappa shape index (κ1) is 9.71. The van der Waals surface area contributed by atoms with Gasteiger partial charge >= 0.3 is 0 Å². The fraction of sp³-hybridized carbons (Fsp3) is 0.727. The molecule has 1 heterocycles. The zero-order chi connectivity index (χ0) is 9.97. The monoisotopic (exact) mass is 194 g/mol. The molecule has 0 bridgehead atoms. The van der Waals surface area contributed by atoms with Crippen LogP contribution in [0, 0.1) is 5.92 Å². The van der Waals surface area contributed by atoms with Crippen molar-refractivity contribution in [3.63, 3.8) is 0 Å². The molecule has 2 rings (SSSR count). The van der Waals surface area contributed by atoms with E-state index >= 15 is 0 Å². The van der Waals surface area contributed by atoms with Gasteiger partial charge in [-0.1, -0.05) is 19.8 Å². The van der Waals surface area contributed by atoms with Crippen LogP contribution in [0.2, 0.25) is 0 Å². The Balaban J connectivity index is 2.12. The lowest BCUT2D eigenvalue weighted by atomic mass is 9.86. The highest BCUT2D eigenvalue weighted by Gasteiger charge is 2.22. The van der Waals surface area contributed by atoms with Crippen molar-refractivity contribution in [1.29, 1.82) is 0 Å². The van der Waals surface area contributed by atoms with E-state index in [1.807, 2.05) is 12.5 Å². The van der Waals surface area contributed by atoms with Crippen LogP contribution in [0.25, 0.3) is 0 Å². The summed E-state index contributed by atoms with van der Waals surface area (Å²) in [5.74, 6) is 0.740. The molecule has 1 saturated carbocycles. The van der Waals surface area contributed by atoms with Gasteiger partial charge in [-0.25, -0.2) is 4.98 Å². The molecule has 2 atom stereocenters. The Morgan fingerprint density at radius 2 is 2.29 bits per heavy atom. The molecule has 0 saturated heterocycles. The highest BCUT2D eigenvalue weighted by atomic mass is 16.3. The summed E-state index contributed by atoms with van der Waals surface area (Å²) in [7, 11) is 0. The van der Waals surface area contributed by atoms with E-state index in [0.29, 0.717) is 6.04 Å². The lowest BCUT2D eigenvalue weighted by molar-refractivity contribution is 0.255. The summed E-state index contributed by atoms with van der Waals surface area (Å²) in [6.07, 6.45) is 9.09. The Morgan fingerprint density at radius 1 is 1.50 bits per heavy atom. The maximum Gasteiger partial charge on any atom is 0.0953 e. The predicted octanol–water partition coefficient (Wildman–Crippen LogP) is 2.13. The fourth-order valence-corrected chi connectivity index (χ4v) is 2.38. The molecule has 0 radical (unpaired) electrons. The van der Waals surface area contributed by atoms with E-state index in [9.17, 15) is 0 Å². The summed E-state index contributed by atoms with van der Waals surface area (Å²) in [6.45, 7) is 2.36. The van der Waals surface area contributed by atoms with Crippen LogP contribution in [0.1, 0.15) is 44.3 Å². The van der Waals surface area contributed by atoms with Crippen LogP contribution in [-0.4, -0.2) is 14.7 Å². The third kappa shape index (κ3) is 1.82. The van der Waals surface area contributed by atoms with Gasteiger partial charge in [0.25, 0.3) is 0 Å². The van der Waals surface area contributed by atoms with Crippen molar-refractivity contribution in [1.82, 2.24) is 9.55 Å². The number of aliphatic hydroxyl groups is 1. The fourth-order valence-electron chi connectivity index (χ4n) is 2.38. The standard InChI is InChI=1S/C11H18N2O/c1-9-4-2-3-5-11(9)13-6-10(7-14)12-8-13/h6,8-9,11,14H,2-5,7H2,1H3. The van der Waals surface area contributed by atoms with Crippen molar-refractivity contribution in [2.75, 3.05) is 0 Å². The van der Waals surface area contributed by atoms with E-state index < -0.39 is 0 Å². The second kappa shape index (κ2) is 4.13. The van der Waals surface area contributed by atoms with Crippen LogP contribution in [-0.2, 0) is 6.61 Å². The highest BCUT2D eigenvalue weighted by Crippen LogP contribution is 2.33. The molecule has 14 heavy (non-hydrogen) atoms. The number of rotatable bonds is 2. The van der Waals surface area contributed by atoms with Gasteiger partial charge < -0.3 is 9.67 Å². The molecule has 0 aromatic carbocycles. The average Bonchev–Trinajstić information content (AvgIpc) is 2.67. The summed E-state index contributed by atoms with van der Waals surface area (Å²) in [5.41, 5.74) is 0.780. The molecule has 3 nitrogen and oxygen atoms in total. The Bertz CT molecular complexity index is 295. The number of nitrogens with zero attached hydrogens (tertiary/aromatic N) is 2. The lowest BCUT2D eigenvalue weighted by Gasteiger charge is -2.29. The van der Waals surface area contributed by atoms with Gasteiger partial charge in [0, 0.05) is 12.2 Å². The Labute approximate surface area is 84.8 Å². The molecule has 2 unspecified atom stereocenters. The van der Waals surface area contributed by atoms with E-state index in [-0.39, 0.29) is 6.61 Å². The van der Waals surface area contributed by atoms with Gasteiger partial charge in [-0.15, -0.1) is 0 Å². The van der Waals surface area contributed by atoms with Crippen LogP contribution >= 0.6 is 0 Å². The smallest absolute Gasteiger partial charge is 0.0953 e. The topological polar surface area (TPSA) is 38.0 Å². The first-order valence-corrected chi connectivity index (χ1v) is 5.44. The Hall–Kier alpha value is -0.830. The minimum absolute atomic E-state index is 0.0497. The predicted molar refractivity (Wildman–Crippen MR) is 54.8 cm³/mol. The summed E-state index contributed by atoms with van der Waals surface area (Å²) in [6, 6.07) is 0.594. The van der Waals surface area contributed by atoms with Gasteiger partial charge in [0.05, 0.1) is 18.6 Å². The first-order chi connectivity index (χ1) is 6.81. The largest absolute Gasteiger partial charge is 0.390 e. The third-order valence-electron chi connectivity index (χ3n) is 3.27. The number of hydrogen-bond donors (Lipinski definition) is 1. The Kier molecular flexibility index (Phi) is 2.87. The Morgan fingerprint density at radius 3 is 2.93 bits per heavy atom. The molecule has 1 aromatic heterocycles. The van der Waals surface area contributed by atoms with Gasteiger partial charge in [0.1, 0.15) is 0 Å². The number of aromatic nitrogens is 2. The molecular formula is C11H18N2O. The minimum atomic E-state index is 0.0497. The molecule has 1 N–H and O–H groups in total. The van der Waals surface area contributed by atoms with Gasteiger partial charge in [-0.3, -0.25) is 0 Å². The van der Waals surface area contributed by atoms with Crippen molar-refractivity contribution >= 4 is 0 Å². The van der Waals surface area contributed by atoms with Crippen molar-refractivity contribution in [2.24, 2.45) is 5.92 Å². The second-order valence-electron chi connectivity index (χ2n) is 4.30. The summed E-state index contributed by atoms with van der Waals surface area (Å²) in [4.78, 5) is 4.16. The maximum absolute atomic E-state index is 8.94. The number of imidazole rings is 1. The van der Waals surface area contributed by atoms with Crippen molar-refractivity contribution < 1.29 is 5.11 Å². The second-order valence-corrected chi connectivity index (χ2v) is 4.30. The van der Waals surface area contributed by atoms with E-state index in [1.165, 1.54) is 25.7 Å². The van der Waals surface area contributed by atoms with Gasteiger partial charge in [-0.2, -0.15) is 0 Å². The van der Waals surface area contributed by atoms with Crippen LogP contribution in [0.3, 0.4) is 0 Å². The van der Waals surface area contributed by atoms with Crippen molar-refractivity contribution in [3.8, 4) is 0 Å². The summed E-state index contributed by atoms with van der Waals surface area (Å²) in [5, 5.41) is 8.94. The molecular weight excluding hydrogens is 176 g/mol. The SMILES string of the molecule is CC1CCCCC1n1cnc(CO)c1. The average molecular weight is 194 g/mol.